The number of aromatic nitrogens is 1. The van der Waals surface area contributed by atoms with Crippen molar-refractivity contribution in [1.82, 2.24) is 14.8 Å². The Hall–Kier alpha value is -1.81. The van der Waals surface area contributed by atoms with Crippen LogP contribution in [0.3, 0.4) is 0 Å². The zero-order chi connectivity index (χ0) is 16.5. The quantitative estimate of drug-likeness (QED) is 0.813. The molecule has 7 heteroatoms. The van der Waals surface area contributed by atoms with Gasteiger partial charge >= 0.3 is 0 Å². The molecule has 2 unspecified atom stereocenters. The molecule has 0 aliphatic carbocycles. The number of nitriles is 1. The van der Waals surface area contributed by atoms with Crippen LogP contribution in [0.4, 0.5) is 0 Å². The number of hydrogen-bond acceptors (Lipinski definition) is 6. The zero-order valence-electron chi connectivity index (χ0n) is 12.8. The van der Waals surface area contributed by atoms with Crippen molar-refractivity contribution < 1.29 is 10.2 Å². The van der Waals surface area contributed by atoms with E-state index < -0.39 is 11.8 Å². The van der Waals surface area contributed by atoms with Crippen molar-refractivity contribution in [3.05, 3.63) is 40.4 Å². The van der Waals surface area contributed by atoms with Gasteiger partial charge in [0.15, 0.2) is 5.72 Å². The Labute approximate surface area is 134 Å². The van der Waals surface area contributed by atoms with Crippen molar-refractivity contribution in [1.29, 1.82) is 5.26 Å². The lowest BCUT2D eigenvalue weighted by Crippen LogP contribution is -2.48. The van der Waals surface area contributed by atoms with Gasteiger partial charge in [0.1, 0.15) is 28.7 Å². The van der Waals surface area contributed by atoms with Gasteiger partial charge in [0.2, 0.25) is 0 Å². The highest BCUT2D eigenvalue weighted by molar-refractivity contribution is 6.29. The lowest BCUT2D eigenvalue weighted by atomic mass is 10.1. The molecule has 22 heavy (non-hydrogen) atoms. The highest BCUT2D eigenvalue weighted by atomic mass is 35.5. The van der Waals surface area contributed by atoms with Crippen LogP contribution in [0.15, 0.2) is 29.7 Å². The van der Waals surface area contributed by atoms with Gasteiger partial charge in [-0.15, -0.1) is 0 Å². The SMILES string of the molecule is CCN(Cc1ccc(Cl)nc1)C1=C(C#N)C(O)C(C)(O)N1C. The summed E-state index contributed by atoms with van der Waals surface area (Å²) < 4.78 is 0. The van der Waals surface area contributed by atoms with E-state index in [1.165, 1.54) is 11.8 Å². The maximum Gasteiger partial charge on any atom is 0.167 e. The van der Waals surface area contributed by atoms with Gasteiger partial charge in [-0.3, -0.25) is 0 Å². The molecule has 1 aromatic heterocycles. The Bertz CT molecular complexity index is 621. The van der Waals surface area contributed by atoms with Crippen molar-refractivity contribution >= 4 is 11.6 Å². The second-order valence-electron chi connectivity index (χ2n) is 5.41. The number of pyridine rings is 1. The molecule has 0 radical (unpaired) electrons. The molecule has 1 aliphatic rings. The van der Waals surface area contributed by atoms with Crippen LogP contribution in [0.25, 0.3) is 0 Å². The summed E-state index contributed by atoms with van der Waals surface area (Å²) in [5.41, 5.74) is -0.423. The molecule has 0 aromatic carbocycles. The van der Waals surface area contributed by atoms with E-state index >= 15 is 0 Å². The summed E-state index contributed by atoms with van der Waals surface area (Å²) in [6.45, 7) is 4.53. The molecule has 2 atom stereocenters. The van der Waals surface area contributed by atoms with Gasteiger partial charge < -0.3 is 20.0 Å². The summed E-state index contributed by atoms with van der Waals surface area (Å²) in [6.07, 6.45) is 0.427. The number of aliphatic hydroxyl groups excluding tert-OH is 1. The molecule has 2 heterocycles. The summed E-state index contributed by atoms with van der Waals surface area (Å²) in [5, 5.41) is 30.3. The summed E-state index contributed by atoms with van der Waals surface area (Å²) in [4.78, 5) is 7.48. The van der Waals surface area contributed by atoms with Gasteiger partial charge in [0.05, 0.1) is 0 Å². The fourth-order valence-electron chi connectivity index (χ4n) is 2.52. The largest absolute Gasteiger partial charge is 0.382 e. The Morgan fingerprint density at radius 3 is 2.73 bits per heavy atom. The minimum absolute atomic E-state index is 0.163. The van der Waals surface area contributed by atoms with Crippen LogP contribution in [0, 0.1) is 11.3 Å². The predicted octanol–water partition coefficient (Wildman–Crippen LogP) is 1.31. The van der Waals surface area contributed by atoms with Gasteiger partial charge in [0.25, 0.3) is 0 Å². The average molecular weight is 323 g/mol. The van der Waals surface area contributed by atoms with Gasteiger partial charge in [-0.25, -0.2) is 4.98 Å². The molecule has 0 spiro atoms. The van der Waals surface area contributed by atoms with Crippen molar-refractivity contribution in [2.75, 3.05) is 13.6 Å². The number of halogens is 1. The van der Waals surface area contributed by atoms with Gasteiger partial charge in [-0.1, -0.05) is 17.7 Å². The van der Waals surface area contributed by atoms with Crippen LogP contribution in [0.5, 0.6) is 0 Å². The Morgan fingerprint density at radius 2 is 2.23 bits per heavy atom. The van der Waals surface area contributed by atoms with E-state index in [1.807, 2.05) is 24.0 Å². The minimum Gasteiger partial charge on any atom is -0.382 e. The third kappa shape index (κ3) is 2.75. The molecule has 0 saturated heterocycles. The summed E-state index contributed by atoms with van der Waals surface area (Å²) in [6, 6.07) is 5.57. The minimum atomic E-state index is -1.51. The highest BCUT2D eigenvalue weighted by Crippen LogP contribution is 2.36. The third-order valence-corrected chi connectivity index (χ3v) is 4.22. The first-order chi connectivity index (χ1) is 10.3. The molecule has 2 N–H and O–H groups in total. The molecular formula is C15H19ClN4O2. The molecule has 0 fully saturated rings. The highest BCUT2D eigenvalue weighted by Gasteiger charge is 2.48. The second-order valence-corrected chi connectivity index (χ2v) is 5.80. The first-order valence-corrected chi connectivity index (χ1v) is 7.34. The zero-order valence-corrected chi connectivity index (χ0v) is 13.5. The van der Waals surface area contributed by atoms with Crippen LogP contribution >= 0.6 is 11.6 Å². The van der Waals surface area contributed by atoms with Crippen LogP contribution in [-0.2, 0) is 6.54 Å². The van der Waals surface area contributed by atoms with Gasteiger partial charge in [-0.2, -0.15) is 5.26 Å². The van der Waals surface area contributed by atoms with Crippen molar-refractivity contribution in [2.24, 2.45) is 0 Å². The standard InChI is InChI=1S/C15H19ClN4O2/c1-4-20(9-10-5-6-12(16)18-8-10)14-11(7-17)13(21)15(2,22)19(14)3/h5-6,8,13,21-22H,4,9H2,1-3H3. The number of aliphatic hydroxyl groups is 2. The molecule has 1 aromatic rings. The number of nitrogens with zero attached hydrogens (tertiary/aromatic N) is 4. The van der Waals surface area contributed by atoms with E-state index in [0.29, 0.717) is 24.1 Å². The molecule has 0 amide bonds. The lowest BCUT2D eigenvalue weighted by Gasteiger charge is -2.36. The molecule has 0 bridgehead atoms. The van der Waals surface area contributed by atoms with Crippen molar-refractivity contribution in [3.63, 3.8) is 0 Å². The summed E-state index contributed by atoms with van der Waals surface area (Å²) >= 11 is 5.78. The molecule has 1 aliphatic heterocycles. The smallest absolute Gasteiger partial charge is 0.167 e. The van der Waals surface area contributed by atoms with E-state index in [1.54, 1.807) is 19.3 Å². The van der Waals surface area contributed by atoms with Gasteiger partial charge in [0, 0.05) is 26.3 Å². The third-order valence-electron chi connectivity index (χ3n) is 3.99. The number of likely N-dealkylation sites (N-methyl/N-ethyl adjacent to an activating group) is 1. The van der Waals surface area contributed by atoms with Crippen LogP contribution < -0.4 is 0 Å². The molecular weight excluding hydrogens is 304 g/mol. The first kappa shape index (κ1) is 16.6. The average Bonchev–Trinajstić information content (AvgIpc) is 2.67. The molecule has 6 nitrogen and oxygen atoms in total. The first-order valence-electron chi connectivity index (χ1n) is 6.96. The Morgan fingerprint density at radius 1 is 1.55 bits per heavy atom. The van der Waals surface area contributed by atoms with E-state index in [-0.39, 0.29) is 5.57 Å². The maximum atomic E-state index is 10.4. The normalized spacial score (nSPS) is 24.6. The van der Waals surface area contributed by atoms with E-state index in [9.17, 15) is 15.5 Å². The maximum absolute atomic E-state index is 10.4. The Kier molecular flexibility index (Phi) is 4.61. The van der Waals surface area contributed by atoms with E-state index in [2.05, 4.69) is 4.98 Å². The molecule has 0 saturated carbocycles. The van der Waals surface area contributed by atoms with Crippen molar-refractivity contribution in [2.45, 2.75) is 32.2 Å². The monoisotopic (exact) mass is 322 g/mol. The fourth-order valence-corrected chi connectivity index (χ4v) is 2.64. The molecule has 118 valence electrons. The summed E-state index contributed by atoms with van der Waals surface area (Å²) in [7, 11) is 1.66. The lowest BCUT2D eigenvalue weighted by molar-refractivity contribution is -0.119. The topological polar surface area (TPSA) is 83.6 Å². The molecule has 2 rings (SSSR count). The second kappa shape index (κ2) is 6.13. The predicted molar refractivity (Wildman–Crippen MR) is 82.4 cm³/mol. The fraction of sp³-hybridized carbons (Fsp3) is 0.467. The Balaban J connectivity index is 2.35. The van der Waals surface area contributed by atoms with Crippen LogP contribution in [-0.4, -0.2) is 50.4 Å². The van der Waals surface area contributed by atoms with Gasteiger partial charge in [-0.05, 0) is 25.5 Å². The van der Waals surface area contributed by atoms with E-state index in [0.717, 1.165) is 5.56 Å². The van der Waals surface area contributed by atoms with E-state index in [4.69, 9.17) is 11.6 Å². The number of rotatable bonds is 4. The van der Waals surface area contributed by atoms with Crippen LogP contribution in [0.1, 0.15) is 19.4 Å². The van der Waals surface area contributed by atoms with Crippen molar-refractivity contribution in [3.8, 4) is 6.07 Å². The summed E-state index contributed by atoms with van der Waals surface area (Å²) in [5.74, 6) is 0.525. The number of hydrogen-bond donors (Lipinski definition) is 2. The van der Waals surface area contributed by atoms with Crippen LogP contribution in [0.2, 0.25) is 5.15 Å².